The summed E-state index contributed by atoms with van der Waals surface area (Å²) in [5.74, 6) is -0.0454. The van der Waals surface area contributed by atoms with Crippen LogP contribution in [0.1, 0.15) is 25.3 Å². The zero-order valence-electron chi connectivity index (χ0n) is 10.9. The second-order valence-electron chi connectivity index (χ2n) is 5.00. The molecule has 2 aromatic rings. The fourth-order valence-electron chi connectivity index (χ4n) is 2.79. The van der Waals surface area contributed by atoms with E-state index in [0.717, 1.165) is 30.3 Å². The molecule has 1 atom stereocenters. The molecule has 19 heavy (non-hydrogen) atoms. The zero-order chi connectivity index (χ0) is 13.4. The molecule has 0 bridgehead atoms. The van der Waals surface area contributed by atoms with Gasteiger partial charge in [-0.3, -0.25) is 13.9 Å². The Balaban J connectivity index is 2.21. The average molecular weight is 259 g/mol. The van der Waals surface area contributed by atoms with Gasteiger partial charge in [-0.05, 0) is 31.4 Å². The standard InChI is InChI=1S/C14H17N3O2/c1-16-10-6-2-3-7-11(10)17(14(16)19)12-8-4-5-9-15-13(12)18/h2-3,6-7,12H,4-5,8-9H2,1H3,(H,15,18). The number of carbonyl (C=O) groups is 1. The summed E-state index contributed by atoms with van der Waals surface area (Å²) in [7, 11) is 1.75. The summed E-state index contributed by atoms with van der Waals surface area (Å²) in [4.78, 5) is 24.5. The Morgan fingerprint density at radius 2 is 1.89 bits per heavy atom. The maximum atomic E-state index is 12.4. The highest BCUT2D eigenvalue weighted by atomic mass is 16.2. The molecule has 0 radical (unpaired) electrons. The predicted molar refractivity (Wildman–Crippen MR) is 73.1 cm³/mol. The molecule has 1 aliphatic heterocycles. The van der Waals surface area contributed by atoms with Crippen molar-refractivity contribution in [2.75, 3.05) is 6.54 Å². The van der Waals surface area contributed by atoms with Crippen LogP contribution in [0.15, 0.2) is 29.1 Å². The van der Waals surface area contributed by atoms with Gasteiger partial charge in [-0.15, -0.1) is 0 Å². The highest BCUT2D eigenvalue weighted by Gasteiger charge is 2.26. The summed E-state index contributed by atoms with van der Waals surface area (Å²) < 4.78 is 3.24. The quantitative estimate of drug-likeness (QED) is 0.836. The number of amides is 1. The largest absolute Gasteiger partial charge is 0.354 e. The van der Waals surface area contributed by atoms with Crippen molar-refractivity contribution < 1.29 is 4.79 Å². The normalized spacial score (nSPS) is 20.3. The van der Waals surface area contributed by atoms with E-state index in [9.17, 15) is 9.59 Å². The van der Waals surface area contributed by atoms with Crippen LogP contribution in [0.3, 0.4) is 0 Å². The van der Waals surface area contributed by atoms with Gasteiger partial charge in [0.05, 0.1) is 11.0 Å². The van der Waals surface area contributed by atoms with Gasteiger partial charge in [-0.1, -0.05) is 12.1 Å². The molecule has 0 spiro atoms. The lowest BCUT2D eigenvalue weighted by Gasteiger charge is -2.14. The monoisotopic (exact) mass is 259 g/mol. The molecule has 1 aromatic carbocycles. The molecule has 1 amide bonds. The second-order valence-corrected chi connectivity index (χ2v) is 5.00. The van der Waals surface area contributed by atoms with Gasteiger partial charge in [0.25, 0.3) is 0 Å². The lowest BCUT2D eigenvalue weighted by atomic mass is 10.1. The van der Waals surface area contributed by atoms with Gasteiger partial charge in [0.1, 0.15) is 6.04 Å². The lowest BCUT2D eigenvalue weighted by Crippen LogP contribution is -2.36. The van der Waals surface area contributed by atoms with E-state index in [1.807, 2.05) is 24.3 Å². The van der Waals surface area contributed by atoms with Gasteiger partial charge in [-0.25, -0.2) is 4.79 Å². The third-order valence-corrected chi connectivity index (χ3v) is 3.81. The van der Waals surface area contributed by atoms with Crippen molar-refractivity contribution in [1.29, 1.82) is 0 Å². The number of aryl methyl sites for hydroxylation is 1. The zero-order valence-corrected chi connectivity index (χ0v) is 10.9. The molecule has 5 heteroatoms. The molecule has 100 valence electrons. The van der Waals surface area contributed by atoms with Crippen LogP contribution in [0.2, 0.25) is 0 Å². The van der Waals surface area contributed by atoms with Crippen LogP contribution in [0, 0.1) is 0 Å². The minimum absolute atomic E-state index is 0.0454. The third-order valence-electron chi connectivity index (χ3n) is 3.81. The molecule has 1 aliphatic rings. The Morgan fingerprint density at radius 3 is 2.68 bits per heavy atom. The van der Waals surface area contributed by atoms with Crippen molar-refractivity contribution >= 4 is 16.9 Å². The maximum Gasteiger partial charge on any atom is 0.329 e. The number of fused-ring (bicyclic) bond motifs is 1. The Hall–Kier alpha value is -2.04. The van der Waals surface area contributed by atoms with Gasteiger partial charge in [-0.2, -0.15) is 0 Å². The topological polar surface area (TPSA) is 56.0 Å². The first-order chi connectivity index (χ1) is 9.20. The predicted octanol–water partition coefficient (Wildman–Crippen LogP) is 1.18. The summed E-state index contributed by atoms with van der Waals surface area (Å²) >= 11 is 0. The number of nitrogens with zero attached hydrogens (tertiary/aromatic N) is 2. The third kappa shape index (κ3) is 1.85. The Bertz CT molecular complexity index is 684. The molecule has 3 rings (SSSR count). The summed E-state index contributed by atoms with van der Waals surface area (Å²) in [5, 5.41) is 2.89. The lowest BCUT2D eigenvalue weighted by molar-refractivity contribution is -0.124. The van der Waals surface area contributed by atoms with E-state index in [0.29, 0.717) is 6.54 Å². The van der Waals surface area contributed by atoms with Crippen molar-refractivity contribution in [1.82, 2.24) is 14.5 Å². The molecule has 5 nitrogen and oxygen atoms in total. The van der Waals surface area contributed by atoms with Crippen LogP contribution >= 0.6 is 0 Å². The first kappa shape index (κ1) is 12.0. The Kier molecular flexibility index (Phi) is 2.89. The van der Waals surface area contributed by atoms with Crippen LogP contribution in [0.5, 0.6) is 0 Å². The van der Waals surface area contributed by atoms with E-state index < -0.39 is 0 Å². The van der Waals surface area contributed by atoms with E-state index in [-0.39, 0.29) is 17.6 Å². The van der Waals surface area contributed by atoms with E-state index in [4.69, 9.17) is 0 Å². The number of imidazole rings is 1. The summed E-state index contributed by atoms with van der Waals surface area (Å²) in [6.45, 7) is 0.703. The molecule has 1 N–H and O–H groups in total. The Labute approximate surface area is 110 Å². The Morgan fingerprint density at radius 1 is 1.16 bits per heavy atom. The first-order valence-electron chi connectivity index (χ1n) is 6.64. The van der Waals surface area contributed by atoms with Crippen molar-refractivity contribution in [3.63, 3.8) is 0 Å². The first-order valence-corrected chi connectivity index (χ1v) is 6.64. The molecule has 1 saturated heterocycles. The van der Waals surface area contributed by atoms with Gasteiger partial charge < -0.3 is 5.32 Å². The van der Waals surface area contributed by atoms with Crippen LogP contribution in [-0.2, 0) is 11.8 Å². The van der Waals surface area contributed by atoms with Crippen LogP contribution in [-0.4, -0.2) is 21.6 Å². The SMILES string of the molecule is Cn1c(=O)n(C2CCCCNC2=O)c2ccccc21. The molecule has 0 aliphatic carbocycles. The molecule has 2 heterocycles. The van der Waals surface area contributed by atoms with E-state index in [1.54, 1.807) is 16.2 Å². The minimum atomic E-state index is -0.388. The van der Waals surface area contributed by atoms with Crippen LogP contribution < -0.4 is 11.0 Å². The highest BCUT2D eigenvalue weighted by Crippen LogP contribution is 2.22. The summed E-state index contributed by atoms with van der Waals surface area (Å²) in [6.07, 6.45) is 2.65. The maximum absolute atomic E-state index is 12.4. The molecule has 1 fully saturated rings. The molecule has 0 saturated carbocycles. The van der Waals surface area contributed by atoms with E-state index in [2.05, 4.69) is 5.32 Å². The fourth-order valence-corrected chi connectivity index (χ4v) is 2.79. The van der Waals surface area contributed by atoms with E-state index >= 15 is 0 Å². The number of hydrogen-bond acceptors (Lipinski definition) is 2. The molecule has 1 unspecified atom stereocenters. The van der Waals surface area contributed by atoms with Gasteiger partial charge in [0, 0.05) is 13.6 Å². The molecular weight excluding hydrogens is 242 g/mol. The van der Waals surface area contributed by atoms with Crippen molar-refractivity contribution in [3.8, 4) is 0 Å². The number of hydrogen-bond donors (Lipinski definition) is 1. The number of nitrogens with one attached hydrogen (secondary N) is 1. The number of aromatic nitrogens is 2. The summed E-state index contributed by atoms with van der Waals surface area (Å²) in [6, 6.07) is 7.21. The number of carbonyl (C=O) groups excluding carboxylic acids is 1. The van der Waals surface area contributed by atoms with Crippen LogP contribution in [0.4, 0.5) is 0 Å². The van der Waals surface area contributed by atoms with Crippen molar-refractivity contribution in [2.24, 2.45) is 7.05 Å². The van der Waals surface area contributed by atoms with E-state index in [1.165, 1.54) is 0 Å². The minimum Gasteiger partial charge on any atom is -0.354 e. The van der Waals surface area contributed by atoms with Gasteiger partial charge in [0.15, 0.2) is 0 Å². The van der Waals surface area contributed by atoms with Crippen molar-refractivity contribution in [3.05, 3.63) is 34.7 Å². The average Bonchev–Trinajstić information content (AvgIpc) is 2.57. The number of benzene rings is 1. The summed E-state index contributed by atoms with van der Waals surface area (Å²) in [5.41, 5.74) is 1.57. The van der Waals surface area contributed by atoms with Gasteiger partial charge in [0.2, 0.25) is 5.91 Å². The highest BCUT2D eigenvalue weighted by molar-refractivity contribution is 5.84. The second kappa shape index (κ2) is 4.57. The molecular formula is C14H17N3O2. The number of rotatable bonds is 1. The fraction of sp³-hybridized carbons (Fsp3) is 0.429. The molecule has 1 aromatic heterocycles. The van der Waals surface area contributed by atoms with Crippen LogP contribution in [0.25, 0.3) is 11.0 Å². The van der Waals surface area contributed by atoms with Gasteiger partial charge >= 0.3 is 5.69 Å². The van der Waals surface area contributed by atoms with Crippen molar-refractivity contribution in [2.45, 2.75) is 25.3 Å². The smallest absolute Gasteiger partial charge is 0.329 e. The number of para-hydroxylation sites is 2.